The lowest BCUT2D eigenvalue weighted by atomic mass is 9.57. The van der Waals surface area contributed by atoms with Gasteiger partial charge in [-0.25, -0.2) is 0 Å². The molecule has 2 saturated heterocycles. The highest BCUT2D eigenvalue weighted by atomic mass is 14.1. The van der Waals surface area contributed by atoms with E-state index in [9.17, 15) is 0 Å². The molecule has 2 radical (unpaired) electrons. The smallest absolute Gasteiger partial charge is 0.0778 e. The third kappa shape index (κ3) is 5.68. The van der Waals surface area contributed by atoms with E-state index in [1.807, 2.05) is 0 Å². The van der Waals surface area contributed by atoms with Crippen LogP contribution < -0.4 is 0 Å². The first kappa shape index (κ1) is 13.2. The summed E-state index contributed by atoms with van der Waals surface area (Å²) in [7, 11) is 4.87. The van der Waals surface area contributed by atoms with Crippen molar-refractivity contribution in [1.29, 1.82) is 0 Å². The Morgan fingerprint density at radius 1 is 0.800 bits per heavy atom. The van der Waals surface area contributed by atoms with Crippen molar-refractivity contribution >= 4 is 14.6 Å². The van der Waals surface area contributed by atoms with Crippen molar-refractivity contribution < 1.29 is 0 Å². The minimum atomic E-state index is 0.898. The molecule has 2 heterocycles. The summed E-state index contributed by atoms with van der Waals surface area (Å²) in [5.41, 5.74) is 0. The summed E-state index contributed by atoms with van der Waals surface area (Å²) in [5, 5.41) is 0. The van der Waals surface area contributed by atoms with Gasteiger partial charge < -0.3 is 0 Å². The largest absolute Gasteiger partial charge is 0.117 e. The molecule has 0 aromatic heterocycles. The van der Waals surface area contributed by atoms with Crippen LogP contribution in [0.4, 0.5) is 0 Å². The first-order valence-corrected chi connectivity index (χ1v) is 6.74. The molecule has 2 aliphatic rings. The SMILES string of the molecule is CC1C[B]CC(C)C1.CC1[B]C(C)CC1. The van der Waals surface area contributed by atoms with Crippen LogP contribution in [0.3, 0.4) is 0 Å². The van der Waals surface area contributed by atoms with Gasteiger partial charge in [0.25, 0.3) is 0 Å². The summed E-state index contributed by atoms with van der Waals surface area (Å²) in [6.45, 7) is 9.27. The molecule has 2 heteroatoms. The van der Waals surface area contributed by atoms with Gasteiger partial charge in [-0.1, -0.05) is 76.6 Å². The van der Waals surface area contributed by atoms with Gasteiger partial charge in [-0.3, -0.25) is 0 Å². The Labute approximate surface area is 98.1 Å². The minimum absolute atomic E-state index is 0.898. The van der Waals surface area contributed by atoms with E-state index in [0.717, 1.165) is 23.5 Å². The van der Waals surface area contributed by atoms with Gasteiger partial charge in [-0.2, -0.15) is 0 Å². The lowest BCUT2D eigenvalue weighted by Gasteiger charge is -2.22. The van der Waals surface area contributed by atoms with Gasteiger partial charge in [0.2, 0.25) is 0 Å². The lowest BCUT2D eigenvalue weighted by molar-refractivity contribution is 0.444. The van der Waals surface area contributed by atoms with E-state index in [2.05, 4.69) is 42.3 Å². The van der Waals surface area contributed by atoms with Gasteiger partial charge >= 0.3 is 0 Å². The molecule has 0 bridgehead atoms. The molecule has 2 rings (SSSR count). The van der Waals surface area contributed by atoms with E-state index in [0.29, 0.717) is 0 Å². The Hall–Kier alpha value is 0.130. The lowest BCUT2D eigenvalue weighted by Crippen LogP contribution is -2.14. The molecule has 0 spiro atoms. The molecule has 0 N–H and O–H groups in total. The van der Waals surface area contributed by atoms with Crippen molar-refractivity contribution in [3.63, 3.8) is 0 Å². The van der Waals surface area contributed by atoms with Crippen LogP contribution in [-0.4, -0.2) is 14.6 Å². The van der Waals surface area contributed by atoms with E-state index in [4.69, 9.17) is 0 Å². The second kappa shape index (κ2) is 6.66. The van der Waals surface area contributed by atoms with Gasteiger partial charge in [0, 0.05) is 0 Å². The van der Waals surface area contributed by atoms with E-state index >= 15 is 0 Å². The summed E-state index contributed by atoms with van der Waals surface area (Å²) in [4.78, 5) is 0. The summed E-state index contributed by atoms with van der Waals surface area (Å²) >= 11 is 0. The zero-order chi connectivity index (χ0) is 11.3. The fourth-order valence-electron chi connectivity index (χ4n) is 2.82. The van der Waals surface area contributed by atoms with Crippen molar-refractivity contribution in [2.45, 2.75) is 71.2 Å². The Bertz CT molecular complexity index is 154. The Morgan fingerprint density at radius 2 is 1.27 bits per heavy atom. The Kier molecular flexibility index (Phi) is 5.86. The van der Waals surface area contributed by atoms with Gasteiger partial charge in [-0.15, -0.1) is 0 Å². The van der Waals surface area contributed by atoms with Crippen LogP contribution in [0.15, 0.2) is 0 Å². The van der Waals surface area contributed by atoms with Crippen LogP contribution in [0.1, 0.15) is 47.0 Å². The summed E-state index contributed by atoms with van der Waals surface area (Å²) < 4.78 is 0. The minimum Gasteiger partial charge on any atom is -0.0778 e. The number of hydrogen-bond donors (Lipinski definition) is 0. The zero-order valence-electron chi connectivity index (χ0n) is 11.0. The molecular weight excluding hydrogens is 178 g/mol. The topological polar surface area (TPSA) is 0 Å². The van der Waals surface area contributed by atoms with Crippen molar-refractivity contribution in [3.8, 4) is 0 Å². The third-order valence-corrected chi connectivity index (χ3v) is 3.68. The molecule has 4 atom stereocenters. The average molecular weight is 204 g/mol. The molecule has 2 fully saturated rings. The van der Waals surface area contributed by atoms with Crippen molar-refractivity contribution in [3.05, 3.63) is 0 Å². The molecule has 2 aliphatic heterocycles. The van der Waals surface area contributed by atoms with Gasteiger partial charge in [0.15, 0.2) is 0 Å². The van der Waals surface area contributed by atoms with Gasteiger partial charge in [0.05, 0.1) is 0 Å². The van der Waals surface area contributed by atoms with Crippen LogP contribution in [0.2, 0.25) is 24.3 Å². The average Bonchev–Trinajstić information content (AvgIpc) is 2.50. The molecule has 15 heavy (non-hydrogen) atoms. The molecule has 0 amide bonds. The van der Waals surface area contributed by atoms with E-state index in [1.54, 1.807) is 0 Å². The molecule has 0 saturated carbocycles. The normalized spacial score (nSPS) is 39.7. The monoisotopic (exact) mass is 204 g/mol. The predicted octanol–water partition coefficient (Wildman–Crippen LogP) is 4.30. The van der Waals surface area contributed by atoms with Crippen molar-refractivity contribution in [1.82, 2.24) is 0 Å². The van der Waals surface area contributed by atoms with Crippen LogP contribution in [0.5, 0.6) is 0 Å². The van der Waals surface area contributed by atoms with E-state index < -0.39 is 0 Å². The van der Waals surface area contributed by atoms with Crippen molar-refractivity contribution in [2.24, 2.45) is 11.8 Å². The van der Waals surface area contributed by atoms with Crippen LogP contribution in [0.25, 0.3) is 0 Å². The molecule has 84 valence electrons. The second-order valence-electron chi connectivity index (χ2n) is 5.93. The molecule has 4 unspecified atom stereocenters. The molecule has 0 aliphatic carbocycles. The third-order valence-electron chi connectivity index (χ3n) is 3.68. The molecule has 0 nitrogen and oxygen atoms in total. The molecule has 0 aromatic carbocycles. The highest BCUT2D eigenvalue weighted by molar-refractivity contribution is 6.40. The van der Waals surface area contributed by atoms with Crippen LogP contribution >= 0.6 is 0 Å². The first-order chi connectivity index (χ1) is 7.08. The van der Waals surface area contributed by atoms with Gasteiger partial charge in [-0.05, 0) is 6.42 Å². The quantitative estimate of drug-likeness (QED) is 0.515. The maximum Gasteiger partial charge on any atom is 0.117 e. The standard InChI is InChI=1S/C7H14B.C6H12B/c1-6-3-7(2)5-8-4-6;1-5-3-4-6(2)7-5/h6-7H,3-5H2,1-2H3;5-6H,3-4H2,1-2H3. The number of rotatable bonds is 0. The maximum absolute atomic E-state index is 2.44. The number of hydrogen-bond acceptors (Lipinski definition) is 0. The Morgan fingerprint density at radius 3 is 1.47 bits per heavy atom. The second-order valence-corrected chi connectivity index (χ2v) is 5.93. The van der Waals surface area contributed by atoms with Crippen LogP contribution in [0, 0.1) is 11.8 Å². The summed E-state index contributed by atoms with van der Waals surface area (Å²) in [5.74, 6) is 3.71. The molecular formula is C13H26B2. The maximum atomic E-state index is 2.44. The fraction of sp³-hybridized carbons (Fsp3) is 1.00. The van der Waals surface area contributed by atoms with Gasteiger partial charge in [0.1, 0.15) is 14.6 Å². The highest BCUT2D eigenvalue weighted by Gasteiger charge is 2.17. The van der Waals surface area contributed by atoms with Crippen molar-refractivity contribution in [2.75, 3.05) is 0 Å². The highest BCUT2D eigenvalue weighted by Crippen LogP contribution is 2.30. The predicted molar refractivity (Wildman–Crippen MR) is 72.1 cm³/mol. The first-order valence-electron chi connectivity index (χ1n) is 6.74. The van der Waals surface area contributed by atoms with E-state index in [1.165, 1.54) is 31.9 Å². The van der Waals surface area contributed by atoms with E-state index in [-0.39, 0.29) is 0 Å². The fourth-order valence-corrected chi connectivity index (χ4v) is 2.82. The molecule has 0 aromatic rings. The summed E-state index contributed by atoms with van der Waals surface area (Å²) in [6.07, 6.45) is 6.98. The summed E-state index contributed by atoms with van der Waals surface area (Å²) in [6, 6.07) is 0. The zero-order valence-corrected chi connectivity index (χ0v) is 11.0. The Balaban J connectivity index is 0.000000151. The van der Waals surface area contributed by atoms with Crippen LogP contribution in [-0.2, 0) is 0 Å².